The molecule has 4 nitrogen and oxygen atoms in total. The van der Waals surface area contributed by atoms with E-state index in [9.17, 15) is 13.6 Å². The Bertz CT molecular complexity index is 409. The molecule has 0 heterocycles. The molecule has 0 radical (unpaired) electrons. The van der Waals surface area contributed by atoms with Crippen LogP contribution in [0, 0.1) is 0 Å². The van der Waals surface area contributed by atoms with Crippen LogP contribution in [0.5, 0.6) is 5.75 Å². The van der Waals surface area contributed by atoms with Gasteiger partial charge in [0, 0.05) is 6.42 Å². The first-order valence-corrected chi connectivity index (χ1v) is 4.88. The topological polar surface area (TPSA) is 72.5 Å². The van der Waals surface area contributed by atoms with Crippen LogP contribution in [0.3, 0.4) is 0 Å². The molecule has 17 heavy (non-hydrogen) atoms. The lowest BCUT2D eigenvalue weighted by atomic mass is 10.0. The lowest BCUT2D eigenvalue weighted by Crippen LogP contribution is -2.35. The molecule has 1 atom stereocenters. The third-order valence-corrected chi connectivity index (χ3v) is 2.29. The molecule has 0 amide bonds. The van der Waals surface area contributed by atoms with E-state index in [4.69, 9.17) is 15.6 Å². The van der Waals surface area contributed by atoms with Crippen LogP contribution in [0.15, 0.2) is 24.3 Å². The Morgan fingerprint density at radius 1 is 1.53 bits per heavy atom. The van der Waals surface area contributed by atoms with Crippen LogP contribution >= 0.6 is 0 Å². The molecule has 0 aromatic heterocycles. The average Bonchev–Trinajstić information content (AvgIpc) is 2.28. The van der Waals surface area contributed by atoms with Crippen molar-refractivity contribution < 1.29 is 23.4 Å². The highest BCUT2D eigenvalue weighted by Crippen LogP contribution is 2.38. The Hall–Kier alpha value is -1.69. The van der Waals surface area contributed by atoms with E-state index >= 15 is 0 Å². The number of halogens is 2. The third kappa shape index (κ3) is 3.13. The van der Waals surface area contributed by atoms with Crippen molar-refractivity contribution in [2.45, 2.75) is 18.4 Å². The second-order valence-corrected chi connectivity index (χ2v) is 3.55. The minimum Gasteiger partial charge on any atom is -0.496 e. The summed E-state index contributed by atoms with van der Waals surface area (Å²) in [5.41, 5.74) is 4.75. The summed E-state index contributed by atoms with van der Waals surface area (Å²) in [5.74, 6) is -4.79. The number of hydrogen-bond acceptors (Lipinski definition) is 3. The van der Waals surface area contributed by atoms with Crippen LogP contribution in [-0.4, -0.2) is 24.2 Å². The number of carboxylic acids is 1. The van der Waals surface area contributed by atoms with Crippen LogP contribution in [0.4, 0.5) is 8.78 Å². The zero-order chi connectivity index (χ0) is 13.1. The molecule has 94 valence electrons. The molecule has 0 aliphatic heterocycles. The Balaban J connectivity index is 2.99. The number of ether oxygens (including phenoxy) is 1. The maximum absolute atomic E-state index is 13.8. The van der Waals surface area contributed by atoms with Gasteiger partial charge in [-0.2, -0.15) is 0 Å². The summed E-state index contributed by atoms with van der Waals surface area (Å²) in [5, 5.41) is 8.53. The molecule has 0 aliphatic carbocycles. The van der Waals surface area contributed by atoms with E-state index in [1.807, 2.05) is 0 Å². The van der Waals surface area contributed by atoms with Gasteiger partial charge in [-0.15, -0.1) is 0 Å². The maximum Gasteiger partial charge on any atom is 0.320 e. The lowest BCUT2D eigenvalue weighted by Gasteiger charge is -2.20. The monoisotopic (exact) mass is 245 g/mol. The zero-order valence-corrected chi connectivity index (χ0v) is 9.19. The van der Waals surface area contributed by atoms with Gasteiger partial charge >= 0.3 is 5.97 Å². The molecule has 3 N–H and O–H groups in total. The first-order chi connectivity index (χ1) is 7.88. The highest BCUT2D eigenvalue weighted by molar-refractivity contribution is 5.73. The van der Waals surface area contributed by atoms with Crippen LogP contribution in [0.1, 0.15) is 12.0 Å². The number of carboxylic acid groups (broad SMARTS) is 1. The van der Waals surface area contributed by atoms with E-state index in [0.29, 0.717) is 0 Å². The highest BCUT2D eigenvalue weighted by Gasteiger charge is 2.38. The van der Waals surface area contributed by atoms with Gasteiger partial charge in [-0.1, -0.05) is 12.1 Å². The fraction of sp³-hybridized carbons (Fsp3) is 0.364. The number of hydrogen-bond donors (Lipinski definition) is 2. The number of methoxy groups -OCH3 is 1. The smallest absolute Gasteiger partial charge is 0.320 e. The maximum atomic E-state index is 13.8. The standard InChI is InChI=1S/C11H13F2NO3/c1-17-9-5-3-2-4-7(9)11(12,13)6-8(14)10(15)16/h2-5,8H,6,14H2,1H3,(H,15,16). The number of alkyl halides is 2. The van der Waals surface area contributed by atoms with Crippen molar-refractivity contribution in [1.82, 2.24) is 0 Å². The molecule has 0 bridgehead atoms. The van der Waals surface area contributed by atoms with Crippen molar-refractivity contribution in [1.29, 1.82) is 0 Å². The second-order valence-electron chi connectivity index (χ2n) is 3.55. The van der Waals surface area contributed by atoms with Gasteiger partial charge in [0.05, 0.1) is 12.7 Å². The summed E-state index contributed by atoms with van der Waals surface area (Å²) in [6.07, 6.45) is -0.970. The Labute approximate surface area is 97.0 Å². The van der Waals surface area contributed by atoms with E-state index in [-0.39, 0.29) is 11.3 Å². The Kier molecular flexibility index (Phi) is 4.01. The summed E-state index contributed by atoms with van der Waals surface area (Å²) >= 11 is 0. The van der Waals surface area contributed by atoms with Gasteiger partial charge < -0.3 is 15.6 Å². The number of rotatable bonds is 5. The molecular formula is C11H13F2NO3. The van der Waals surface area contributed by atoms with Gasteiger partial charge in [0.15, 0.2) is 0 Å². The van der Waals surface area contributed by atoms with Crippen LogP contribution in [0.2, 0.25) is 0 Å². The summed E-state index contributed by atoms with van der Waals surface area (Å²) in [6.45, 7) is 0. The largest absolute Gasteiger partial charge is 0.496 e. The predicted octanol–water partition coefficient (Wildman–Crippen LogP) is 1.59. The minimum absolute atomic E-state index is 0.00934. The van der Waals surface area contributed by atoms with E-state index in [0.717, 1.165) is 0 Å². The second kappa shape index (κ2) is 5.09. The Morgan fingerprint density at radius 3 is 2.65 bits per heavy atom. The molecule has 1 aromatic carbocycles. The third-order valence-electron chi connectivity index (χ3n) is 2.29. The van der Waals surface area contributed by atoms with Crippen molar-refractivity contribution in [2.24, 2.45) is 5.73 Å². The quantitative estimate of drug-likeness (QED) is 0.826. The number of aliphatic carboxylic acids is 1. The van der Waals surface area contributed by atoms with Gasteiger partial charge in [-0.3, -0.25) is 4.79 Å². The molecule has 0 fully saturated rings. The van der Waals surface area contributed by atoms with Crippen molar-refractivity contribution in [2.75, 3.05) is 7.11 Å². The molecule has 0 aliphatic rings. The van der Waals surface area contributed by atoms with Gasteiger partial charge in [-0.05, 0) is 12.1 Å². The number of benzene rings is 1. The van der Waals surface area contributed by atoms with Crippen LogP contribution in [0.25, 0.3) is 0 Å². The fourth-order valence-electron chi connectivity index (χ4n) is 1.42. The van der Waals surface area contributed by atoms with Crippen molar-refractivity contribution in [3.8, 4) is 5.75 Å². The van der Waals surface area contributed by atoms with Gasteiger partial charge in [0.2, 0.25) is 0 Å². The molecule has 6 heteroatoms. The number of nitrogens with two attached hydrogens (primary N) is 1. The summed E-state index contributed by atoms with van der Waals surface area (Å²) in [4.78, 5) is 10.5. The average molecular weight is 245 g/mol. The molecule has 1 aromatic rings. The minimum atomic E-state index is -3.34. The normalized spacial score (nSPS) is 13.2. The fourth-order valence-corrected chi connectivity index (χ4v) is 1.42. The number of carbonyl (C=O) groups is 1. The van der Waals surface area contributed by atoms with Crippen LogP contribution < -0.4 is 10.5 Å². The van der Waals surface area contributed by atoms with E-state index in [1.54, 1.807) is 6.07 Å². The summed E-state index contributed by atoms with van der Waals surface area (Å²) in [6, 6.07) is 3.94. The zero-order valence-electron chi connectivity index (χ0n) is 9.19. The SMILES string of the molecule is COc1ccccc1C(F)(F)CC(N)C(=O)O. The molecule has 0 saturated heterocycles. The van der Waals surface area contributed by atoms with E-state index in [2.05, 4.69) is 0 Å². The first kappa shape index (κ1) is 13.4. The summed E-state index contributed by atoms with van der Waals surface area (Å²) in [7, 11) is 1.27. The lowest BCUT2D eigenvalue weighted by molar-refractivity contribution is -0.141. The Morgan fingerprint density at radius 2 is 2.12 bits per heavy atom. The van der Waals surface area contributed by atoms with Gasteiger partial charge in [0.1, 0.15) is 11.8 Å². The van der Waals surface area contributed by atoms with Gasteiger partial charge in [-0.25, -0.2) is 8.78 Å². The summed E-state index contributed by atoms with van der Waals surface area (Å²) < 4.78 is 32.4. The van der Waals surface area contributed by atoms with E-state index in [1.165, 1.54) is 25.3 Å². The first-order valence-electron chi connectivity index (χ1n) is 4.88. The number of para-hydroxylation sites is 1. The highest BCUT2D eigenvalue weighted by atomic mass is 19.3. The van der Waals surface area contributed by atoms with Crippen molar-refractivity contribution in [3.63, 3.8) is 0 Å². The van der Waals surface area contributed by atoms with Crippen molar-refractivity contribution >= 4 is 5.97 Å². The van der Waals surface area contributed by atoms with Crippen molar-refractivity contribution in [3.05, 3.63) is 29.8 Å². The predicted molar refractivity (Wildman–Crippen MR) is 57.1 cm³/mol. The van der Waals surface area contributed by atoms with Gasteiger partial charge in [0.25, 0.3) is 5.92 Å². The molecule has 1 unspecified atom stereocenters. The van der Waals surface area contributed by atoms with Crippen LogP contribution in [-0.2, 0) is 10.7 Å². The molecule has 0 saturated carbocycles. The van der Waals surface area contributed by atoms with E-state index < -0.39 is 24.4 Å². The molecule has 0 spiro atoms. The molecular weight excluding hydrogens is 232 g/mol. The molecule has 1 rings (SSSR count).